The van der Waals surface area contributed by atoms with E-state index in [1.54, 1.807) is 30.3 Å². The lowest BCUT2D eigenvalue weighted by Crippen LogP contribution is -2.50. The first-order chi connectivity index (χ1) is 14.5. The van der Waals surface area contributed by atoms with Crippen molar-refractivity contribution in [3.05, 3.63) is 51.1 Å². The van der Waals surface area contributed by atoms with E-state index in [4.69, 9.17) is 26.1 Å². The van der Waals surface area contributed by atoms with Crippen LogP contribution in [-0.4, -0.2) is 58.6 Å². The summed E-state index contributed by atoms with van der Waals surface area (Å²) in [7, 11) is 1.44. The van der Waals surface area contributed by atoms with Crippen molar-refractivity contribution >= 4 is 46.0 Å². The lowest BCUT2D eigenvalue weighted by molar-refractivity contribution is -0.384. The molecule has 4 rings (SSSR count). The molecule has 2 fully saturated rings. The van der Waals surface area contributed by atoms with E-state index in [1.807, 2.05) is 5.01 Å². The van der Waals surface area contributed by atoms with Crippen LogP contribution in [0.5, 0.6) is 5.75 Å². The van der Waals surface area contributed by atoms with Crippen LogP contribution in [0.4, 0.5) is 5.69 Å². The SMILES string of the molecule is COc1ccc(-c2ccc(/C=C3\SC(=S)N(N4CCOCC4)C3=O)o2)c([N+](=O)[O-])c1. The second kappa shape index (κ2) is 8.56. The van der Waals surface area contributed by atoms with E-state index in [1.165, 1.54) is 29.9 Å². The van der Waals surface area contributed by atoms with Gasteiger partial charge in [0, 0.05) is 19.2 Å². The number of carbonyl (C=O) groups excluding carboxylic acids is 1. The molecular weight excluding hydrogens is 430 g/mol. The highest BCUT2D eigenvalue weighted by molar-refractivity contribution is 8.26. The van der Waals surface area contributed by atoms with E-state index in [2.05, 4.69) is 0 Å². The summed E-state index contributed by atoms with van der Waals surface area (Å²) in [5.41, 5.74) is 0.190. The number of hydrogen-bond donors (Lipinski definition) is 0. The quantitative estimate of drug-likeness (QED) is 0.296. The minimum atomic E-state index is -0.493. The Morgan fingerprint density at radius 2 is 2.03 bits per heavy atom. The molecule has 11 heteroatoms. The van der Waals surface area contributed by atoms with Gasteiger partial charge >= 0.3 is 0 Å². The Morgan fingerprint density at radius 3 is 2.73 bits per heavy atom. The molecule has 0 spiro atoms. The molecular formula is C19H17N3O6S2. The minimum absolute atomic E-state index is 0.131. The number of hydrazine groups is 1. The van der Waals surface area contributed by atoms with Crippen LogP contribution >= 0.6 is 24.0 Å². The molecule has 9 nitrogen and oxygen atoms in total. The molecule has 156 valence electrons. The second-order valence-electron chi connectivity index (χ2n) is 6.40. The molecule has 3 heterocycles. The summed E-state index contributed by atoms with van der Waals surface area (Å²) in [5.74, 6) is 0.876. The summed E-state index contributed by atoms with van der Waals surface area (Å²) < 4.78 is 16.6. The second-order valence-corrected chi connectivity index (χ2v) is 8.08. The smallest absolute Gasteiger partial charge is 0.284 e. The summed E-state index contributed by atoms with van der Waals surface area (Å²) >= 11 is 6.56. The van der Waals surface area contributed by atoms with Crippen LogP contribution in [0.15, 0.2) is 39.7 Å². The van der Waals surface area contributed by atoms with E-state index in [0.29, 0.717) is 58.4 Å². The maximum Gasteiger partial charge on any atom is 0.284 e. The summed E-state index contributed by atoms with van der Waals surface area (Å²) in [5, 5.41) is 14.8. The molecule has 0 aliphatic carbocycles. The summed E-state index contributed by atoms with van der Waals surface area (Å²) in [6, 6.07) is 7.81. The predicted molar refractivity (Wildman–Crippen MR) is 115 cm³/mol. The van der Waals surface area contributed by atoms with Gasteiger partial charge in [0.2, 0.25) is 0 Å². The molecule has 2 saturated heterocycles. The third-order valence-corrected chi connectivity index (χ3v) is 5.89. The maximum atomic E-state index is 12.8. The Morgan fingerprint density at radius 1 is 1.27 bits per heavy atom. The van der Waals surface area contributed by atoms with E-state index in [-0.39, 0.29) is 11.6 Å². The molecule has 0 unspecified atom stereocenters. The van der Waals surface area contributed by atoms with Gasteiger partial charge in [-0.25, -0.2) is 10.0 Å². The standard InChI is InChI=1S/C19H17N3O6S2/c1-26-12-2-4-14(15(10-12)22(24)25)16-5-3-13(28-16)11-17-18(23)21(19(29)30-17)20-6-8-27-9-7-20/h2-5,10-11H,6-9H2,1H3/b17-11-. The number of methoxy groups -OCH3 is 1. The Bertz CT molecular complexity index is 1040. The lowest BCUT2D eigenvalue weighted by Gasteiger charge is -2.33. The van der Waals surface area contributed by atoms with Gasteiger partial charge in [0.15, 0.2) is 4.32 Å². The van der Waals surface area contributed by atoms with E-state index < -0.39 is 4.92 Å². The Balaban J connectivity index is 1.59. The van der Waals surface area contributed by atoms with Crippen LogP contribution in [0.25, 0.3) is 17.4 Å². The van der Waals surface area contributed by atoms with Crippen LogP contribution in [0.1, 0.15) is 5.76 Å². The zero-order chi connectivity index (χ0) is 21.3. The number of furan rings is 1. The molecule has 0 atom stereocenters. The molecule has 0 saturated carbocycles. The van der Waals surface area contributed by atoms with Crippen molar-refractivity contribution in [2.75, 3.05) is 33.4 Å². The summed E-state index contributed by atoms with van der Waals surface area (Å²) in [4.78, 5) is 24.2. The fourth-order valence-electron chi connectivity index (χ4n) is 3.16. The molecule has 1 aromatic carbocycles. The van der Waals surface area contributed by atoms with Gasteiger partial charge in [-0.1, -0.05) is 24.0 Å². The van der Waals surface area contributed by atoms with Crippen molar-refractivity contribution in [3.63, 3.8) is 0 Å². The van der Waals surface area contributed by atoms with Crippen molar-refractivity contribution in [1.29, 1.82) is 0 Å². The lowest BCUT2D eigenvalue weighted by atomic mass is 10.1. The molecule has 0 bridgehead atoms. The fourth-order valence-corrected chi connectivity index (χ4v) is 4.45. The third kappa shape index (κ3) is 3.97. The van der Waals surface area contributed by atoms with Crippen molar-refractivity contribution in [1.82, 2.24) is 10.0 Å². The van der Waals surface area contributed by atoms with Crippen molar-refractivity contribution in [3.8, 4) is 17.1 Å². The van der Waals surface area contributed by atoms with E-state index >= 15 is 0 Å². The van der Waals surface area contributed by atoms with Crippen LogP contribution in [-0.2, 0) is 9.53 Å². The van der Waals surface area contributed by atoms with Gasteiger partial charge in [0.25, 0.3) is 11.6 Å². The van der Waals surface area contributed by atoms with Crippen LogP contribution in [0.2, 0.25) is 0 Å². The Kier molecular flexibility index (Phi) is 5.86. The van der Waals surface area contributed by atoms with Gasteiger partial charge in [0.1, 0.15) is 17.3 Å². The summed E-state index contributed by atoms with van der Waals surface area (Å²) in [6.45, 7) is 2.26. The van der Waals surface area contributed by atoms with Gasteiger partial charge in [-0.3, -0.25) is 14.9 Å². The molecule has 30 heavy (non-hydrogen) atoms. The van der Waals surface area contributed by atoms with Gasteiger partial charge in [-0.05, 0) is 24.3 Å². The molecule has 1 aromatic heterocycles. The van der Waals surface area contributed by atoms with E-state index in [9.17, 15) is 14.9 Å². The molecule has 2 aromatic rings. The van der Waals surface area contributed by atoms with Gasteiger partial charge in [0.05, 0.1) is 41.8 Å². The summed E-state index contributed by atoms with van der Waals surface area (Å²) in [6.07, 6.45) is 1.60. The van der Waals surface area contributed by atoms with Gasteiger partial charge in [-0.15, -0.1) is 0 Å². The minimum Gasteiger partial charge on any atom is -0.497 e. The van der Waals surface area contributed by atoms with Gasteiger partial charge < -0.3 is 13.9 Å². The van der Waals surface area contributed by atoms with E-state index in [0.717, 1.165) is 0 Å². The molecule has 2 aliphatic heterocycles. The molecule has 0 N–H and O–H groups in total. The first kappa shape index (κ1) is 20.5. The first-order valence-electron chi connectivity index (χ1n) is 9.01. The molecule has 0 radical (unpaired) electrons. The topological polar surface area (TPSA) is 98.3 Å². The first-order valence-corrected chi connectivity index (χ1v) is 10.2. The number of ether oxygens (including phenoxy) is 2. The Labute approximate surface area is 181 Å². The number of nitro benzene ring substituents is 1. The number of nitro groups is 1. The van der Waals surface area contributed by atoms with Crippen LogP contribution in [0, 0.1) is 10.1 Å². The molecule has 2 aliphatic rings. The van der Waals surface area contributed by atoms with Gasteiger partial charge in [-0.2, -0.15) is 0 Å². The number of nitrogens with zero attached hydrogens (tertiary/aromatic N) is 3. The predicted octanol–water partition coefficient (Wildman–Crippen LogP) is 3.31. The average molecular weight is 447 g/mol. The zero-order valence-corrected chi connectivity index (χ0v) is 17.5. The number of hydrogen-bond acceptors (Lipinski definition) is 9. The number of amides is 1. The number of benzene rings is 1. The highest BCUT2D eigenvalue weighted by Crippen LogP contribution is 2.37. The molecule has 1 amide bonds. The number of carbonyl (C=O) groups is 1. The van der Waals surface area contributed by atoms with Crippen molar-refractivity contribution < 1.29 is 23.6 Å². The van der Waals surface area contributed by atoms with Crippen molar-refractivity contribution in [2.24, 2.45) is 0 Å². The number of morpholine rings is 1. The normalized spacial score (nSPS) is 19.0. The largest absolute Gasteiger partial charge is 0.497 e. The average Bonchev–Trinajstić information content (AvgIpc) is 3.32. The maximum absolute atomic E-state index is 12.8. The van der Waals surface area contributed by atoms with Crippen LogP contribution < -0.4 is 4.74 Å². The monoisotopic (exact) mass is 447 g/mol. The van der Waals surface area contributed by atoms with Crippen molar-refractivity contribution in [2.45, 2.75) is 0 Å². The number of rotatable bonds is 5. The number of thioether (sulfide) groups is 1. The fraction of sp³-hybridized carbons (Fsp3) is 0.263. The Hall–Kier alpha value is -2.73. The number of thiocarbonyl (C=S) groups is 1. The zero-order valence-electron chi connectivity index (χ0n) is 15.9. The van der Waals surface area contributed by atoms with Crippen LogP contribution in [0.3, 0.4) is 0 Å². The highest BCUT2D eigenvalue weighted by atomic mass is 32.2. The highest BCUT2D eigenvalue weighted by Gasteiger charge is 2.37. The third-order valence-electron chi connectivity index (χ3n) is 4.61.